The molecule has 0 saturated heterocycles. The summed E-state index contributed by atoms with van der Waals surface area (Å²) in [5.41, 5.74) is 1.29. The first-order valence-electron chi connectivity index (χ1n) is 8.25. The Balaban J connectivity index is 1.99. The number of rotatable bonds is 7. The smallest absolute Gasteiger partial charge is 0.124 e. The van der Waals surface area contributed by atoms with Crippen LogP contribution in [0, 0.1) is 0 Å². The van der Waals surface area contributed by atoms with E-state index in [1.54, 1.807) is 0 Å². The van der Waals surface area contributed by atoms with Gasteiger partial charge in [-0.05, 0) is 39.8 Å². The number of ether oxygens (including phenoxy) is 1. The number of benzene rings is 1. The minimum absolute atomic E-state index is 0.217. The molecule has 0 aliphatic heterocycles. The van der Waals surface area contributed by atoms with Crippen LogP contribution in [0.25, 0.3) is 0 Å². The van der Waals surface area contributed by atoms with Gasteiger partial charge in [0.2, 0.25) is 0 Å². The highest BCUT2D eigenvalue weighted by Gasteiger charge is 2.19. The zero-order valence-electron chi connectivity index (χ0n) is 13.6. The number of para-hydroxylation sites is 1. The molecule has 1 atom stereocenters. The summed E-state index contributed by atoms with van der Waals surface area (Å²) in [7, 11) is 2.05. The molecule has 1 aromatic rings. The third kappa shape index (κ3) is 5.23. The van der Waals surface area contributed by atoms with Crippen molar-refractivity contribution in [2.45, 2.75) is 63.3 Å². The third-order valence-corrected chi connectivity index (χ3v) is 5.52. The molecule has 0 amide bonds. The summed E-state index contributed by atoms with van der Waals surface area (Å²) < 4.78 is 5.97. The summed E-state index contributed by atoms with van der Waals surface area (Å²) in [4.78, 5) is 0. The van der Waals surface area contributed by atoms with Crippen molar-refractivity contribution < 1.29 is 4.74 Å². The van der Waals surface area contributed by atoms with Gasteiger partial charge in [0.15, 0.2) is 0 Å². The van der Waals surface area contributed by atoms with Gasteiger partial charge in [-0.3, -0.25) is 0 Å². The van der Waals surface area contributed by atoms with Crippen LogP contribution in [0.2, 0.25) is 0 Å². The predicted molar refractivity (Wildman–Crippen MR) is 93.3 cm³/mol. The van der Waals surface area contributed by atoms with E-state index < -0.39 is 0 Å². The Morgan fingerprint density at radius 2 is 1.90 bits per heavy atom. The Morgan fingerprint density at radius 1 is 1.19 bits per heavy atom. The fourth-order valence-corrected chi connectivity index (χ4v) is 4.40. The van der Waals surface area contributed by atoms with Gasteiger partial charge in [-0.2, -0.15) is 11.8 Å². The van der Waals surface area contributed by atoms with E-state index in [2.05, 4.69) is 62.2 Å². The topological polar surface area (TPSA) is 21.3 Å². The van der Waals surface area contributed by atoms with E-state index in [4.69, 9.17) is 4.74 Å². The van der Waals surface area contributed by atoms with Crippen LogP contribution in [-0.2, 0) is 0 Å². The maximum absolute atomic E-state index is 5.97. The molecule has 0 bridgehead atoms. The Morgan fingerprint density at radius 3 is 2.57 bits per heavy atom. The van der Waals surface area contributed by atoms with Crippen molar-refractivity contribution in [2.24, 2.45) is 0 Å². The van der Waals surface area contributed by atoms with Crippen LogP contribution in [0.5, 0.6) is 5.75 Å². The van der Waals surface area contributed by atoms with Crippen LogP contribution in [0.15, 0.2) is 24.3 Å². The molecule has 1 fully saturated rings. The van der Waals surface area contributed by atoms with Crippen molar-refractivity contribution in [3.63, 3.8) is 0 Å². The molecule has 1 aliphatic rings. The summed E-state index contributed by atoms with van der Waals surface area (Å²) >= 11 is 2.13. The van der Waals surface area contributed by atoms with E-state index in [9.17, 15) is 0 Å². The normalized spacial score (nSPS) is 17.9. The molecule has 1 N–H and O–H groups in total. The van der Waals surface area contributed by atoms with Gasteiger partial charge in [-0.1, -0.05) is 37.5 Å². The predicted octanol–water partition coefficient (Wildman–Crippen LogP) is 4.80. The zero-order chi connectivity index (χ0) is 15.1. The van der Waals surface area contributed by atoms with Gasteiger partial charge in [0, 0.05) is 22.6 Å². The first-order chi connectivity index (χ1) is 10.2. The highest BCUT2D eigenvalue weighted by Crippen LogP contribution is 2.33. The third-order valence-electron chi connectivity index (χ3n) is 4.06. The Hall–Kier alpha value is -0.670. The van der Waals surface area contributed by atoms with Crippen molar-refractivity contribution in [1.29, 1.82) is 0 Å². The zero-order valence-corrected chi connectivity index (χ0v) is 14.4. The Bertz CT molecular complexity index is 415. The average Bonchev–Trinajstić information content (AvgIpc) is 2.50. The van der Waals surface area contributed by atoms with E-state index in [1.165, 1.54) is 37.7 Å². The fourth-order valence-electron chi connectivity index (χ4n) is 2.92. The Kier molecular flexibility index (Phi) is 6.91. The van der Waals surface area contributed by atoms with E-state index in [0.717, 1.165) is 16.8 Å². The molecule has 1 aliphatic carbocycles. The van der Waals surface area contributed by atoms with E-state index >= 15 is 0 Å². The van der Waals surface area contributed by atoms with Gasteiger partial charge in [0.05, 0.1) is 6.10 Å². The summed E-state index contributed by atoms with van der Waals surface area (Å²) in [5, 5.41) is 4.33. The SMILES string of the molecule is CNC(CSC1CCCCC1)c1ccccc1OC(C)C. The van der Waals surface area contributed by atoms with Crippen LogP contribution in [0.1, 0.15) is 57.6 Å². The Labute approximate surface area is 134 Å². The maximum Gasteiger partial charge on any atom is 0.124 e. The van der Waals surface area contributed by atoms with Crippen molar-refractivity contribution in [2.75, 3.05) is 12.8 Å². The second-order valence-corrected chi connectivity index (χ2v) is 7.47. The summed E-state index contributed by atoms with van der Waals surface area (Å²) in [6, 6.07) is 8.82. The van der Waals surface area contributed by atoms with Crippen LogP contribution < -0.4 is 10.1 Å². The van der Waals surface area contributed by atoms with E-state index in [-0.39, 0.29) is 6.10 Å². The highest BCUT2D eigenvalue weighted by atomic mass is 32.2. The number of thioether (sulfide) groups is 1. The molecular formula is C18H29NOS. The number of hydrogen-bond acceptors (Lipinski definition) is 3. The van der Waals surface area contributed by atoms with Gasteiger partial charge in [0.25, 0.3) is 0 Å². The average molecular weight is 308 g/mol. The van der Waals surface area contributed by atoms with Crippen LogP contribution in [0.4, 0.5) is 0 Å². The fraction of sp³-hybridized carbons (Fsp3) is 0.667. The molecule has 21 heavy (non-hydrogen) atoms. The lowest BCUT2D eigenvalue weighted by Gasteiger charge is -2.25. The molecule has 1 aromatic carbocycles. The van der Waals surface area contributed by atoms with Crippen LogP contribution >= 0.6 is 11.8 Å². The molecule has 1 unspecified atom stereocenters. The van der Waals surface area contributed by atoms with Crippen molar-refractivity contribution in [3.8, 4) is 5.75 Å². The molecule has 0 heterocycles. The van der Waals surface area contributed by atoms with Crippen molar-refractivity contribution in [3.05, 3.63) is 29.8 Å². The van der Waals surface area contributed by atoms with Gasteiger partial charge in [-0.15, -0.1) is 0 Å². The molecule has 1 saturated carbocycles. The molecule has 0 aromatic heterocycles. The van der Waals surface area contributed by atoms with Gasteiger partial charge >= 0.3 is 0 Å². The van der Waals surface area contributed by atoms with Crippen molar-refractivity contribution in [1.82, 2.24) is 5.32 Å². The quantitative estimate of drug-likeness (QED) is 0.782. The minimum Gasteiger partial charge on any atom is -0.491 e. The van der Waals surface area contributed by atoms with Gasteiger partial charge in [0.1, 0.15) is 5.75 Å². The molecule has 118 valence electrons. The van der Waals surface area contributed by atoms with Crippen LogP contribution in [0.3, 0.4) is 0 Å². The lowest BCUT2D eigenvalue weighted by molar-refractivity contribution is 0.238. The summed E-state index contributed by atoms with van der Waals surface area (Å²) in [5.74, 6) is 2.15. The number of nitrogens with one attached hydrogen (secondary N) is 1. The second kappa shape index (κ2) is 8.70. The monoisotopic (exact) mass is 307 g/mol. The van der Waals surface area contributed by atoms with Crippen LogP contribution in [-0.4, -0.2) is 24.2 Å². The first kappa shape index (κ1) is 16.7. The molecule has 3 heteroatoms. The minimum atomic E-state index is 0.217. The maximum atomic E-state index is 5.97. The lowest BCUT2D eigenvalue weighted by Crippen LogP contribution is -2.22. The second-order valence-electron chi connectivity index (χ2n) is 6.14. The summed E-state index contributed by atoms with van der Waals surface area (Å²) in [6.07, 6.45) is 7.26. The molecule has 0 spiro atoms. The van der Waals surface area contributed by atoms with Crippen molar-refractivity contribution >= 4 is 11.8 Å². The van der Waals surface area contributed by atoms with E-state index in [1.807, 2.05) is 0 Å². The van der Waals surface area contributed by atoms with Gasteiger partial charge < -0.3 is 10.1 Å². The standard InChI is InChI=1S/C18H29NOS/c1-14(2)20-18-12-8-7-11-16(18)17(19-3)13-21-15-9-5-4-6-10-15/h7-8,11-12,14-15,17,19H,4-6,9-10,13H2,1-3H3. The summed E-state index contributed by atoms with van der Waals surface area (Å²) in [6.45, 7) is 4.17. The highest BCUT2D eigenvalue weighted by molar-refractivity contribution is 7.99. The molecule has 0 radical (unpaired) electrons. The largest absolute Gasteiger partial charge is 0.491 e. The molecule has 2 nitrogen and oxygen atoms in total. The lowest BCUT2D eigenvalue weighted by atomic mass is 10.0. The van der Waals surface area contributed by atoms with E-state index in [0.29, 0.717) is 6.04 Å². The van der Waals surface area contributed by atoms with Gasteiger partial charge in [-0.25, -0.2) is 0 Å². The molecule has 2 rings (SSSR count). The number of hydrogen-bond donors (Lipinski definition) is 1. The molecular weight excluding hydrogens is 278 g/mol. The first-order valence-corrected chi connectivity index (χ1v) is 9.30.